The van der Waals surface area contributed by atoms with Gasteiger partial charge in [0.15, 0.2) is 0 Å². The maximum Gasteiger partial charge on any atom is 0.252 e. The van der Waals surface area contributed by atoms with Gasteiger partial charge in [-0.25, -0.2) is 0 Å². The van der Waals surface area contributed by atoms with Gasteiger partial charge in [0.2, 0.25) is 5.91 Å². The summed E-state index contributed by atoms with van der Waals surface area (Å²) in [6.45, 7) is 0.212. The topological polar surface area (TPSA) is 104 Å². The molecule has 3 atom stereocenters. The van der Waals surface area contributed by atoms with Crippen LogP contribution in [0.5, 0.6) is 0 Å². The first-order chi connectivity index (χ1) is 10.0. The van der Waals surface area contributed by atoms with Crippen molar-refractivity contribution in [2.24, 2.45) is 5.73 Å². The molecular weight excluding hydrogens is 272 g/mol. The first-order valence-corrected chi connectivity index (χ1v) is 6.84. The van der Waals surface area contributed by atoms with Gasteiger partial charge in [-0.05, 0) is 18.4 Å². The number of rotatable bonds is 5. The number of nitrogens with zero attached hydrogens (tertiary/aromatic N) is 1. The average Bonchev–Trinajstić information content (AvgIpc) is 2.87. The number of likely N-dealkylation sites (tertiary alicyclic amines) is 1. The minimum absolute atomic E-state index is 0.212. The molecule has 1 unspecified atom stereocenters. The van der Waals surface area contributed by atoms with Gasteiger partial charge < -0.3 is 20.8 Å². The van der Waals surface area contributed by atoms with E-state index < -0.39 is 30.1 Å². The molecule has 113 valence electrons. The highest BCUT2D eigenvalue weighted by Gasteiger charge is 2.41. The van der Waals surface area contributed by atoms with Crippen molar-refractivity contribution in [2.45, 2.75) is 31.1 Å². The van der Waals surface area contributed by atoms with Gasteiger partial charge in [0, 0.05) is 13.0 Å². The van der Waals surface area contributed by atoms with Gasteiger partial charge in [-0.1, -0.05) is 30.3 Å². The average molecular weight is 291 g/mol. The highest BCUT2D eigenvalue weighted by atomic mass is 16.3. The third-order valence-corrected chi connectivity index (χ3v) is 3.61. The Morgan fingerprint density at radius 1 is 1.38 bits per heavy atom. The van der Waals surface area contributed by atoms with Crippen LogP contribution in [0.15, 0.2) is 30.3 Å². The van der Waals surface area contributed by atoms with Crippen molar-refractivity contribution in [3.63, 3.8) is 0 Å². The molecule has 6 heteroatoms. The molecule has 1 aliphatic rings. The van der Waals surface area contributed by atoms with E-state index in [1.54, 1.807) is 0 Å². The lowest BCUT2D eigenvalue weighted by molar-refractivity contribution is -0.144. The van der Waals surface area contributed by atoms with E-state index in [2.05, 4.69) is 0 Å². The second-order valence-corrected chi connectivity index (χ2v) is 5.11. The van der Waals surface area contributed by atoms with E-state index >= 15 is 0 Å². The molecule has 4 N–H and O–H groups in total. The number of carbonyl (C=O) groups excluding carboxylic acids is 2. The molecule has 0 bridgehead atoms. The molecule has 1 fully saturated rings. The number of benzene rings is 1. The van der Waals surface area contributed by atoms with Gasteiger partial charge >= 0.3 is 0 Å². The monoisotopic (exact) mass is 291 g/mol. The minimum Gasteiger partial charge on any atom is -0.390 e. The Hall–Kier alpha value is -1.92. The van der Waals surface area contributed by atoms with Gasteiger partial charge in [-0.2, -0.15) is 0 Å². The molecular formula is C15H19N2O4. The standard InChI is InChI=1S/C15H19N2O4/c16-14(20)13-11(18)8-9-17(13)15(21)12(19)7-6-10-4-2-1-3-5-10/h1-5,7,11-13,18-19H,6,8-9H2,(H2,16,20)/t11-,12+,13?/m0/s1. The third-order valence-electron chi connectivity index (χ3n) is 3.61. The van der Waals surface area contributed by atoms with Crippen molar-refractivity contribution < 1.29 is 19.8 Å². The van der Waals surface area contributed by atoms with Gasteiger partial charge in [0.05, 0.1) is 6.10 Å². The fraction of sp³-hybridized carbons (Fsp3) is 0.400. The molecule has 2 amide bonds. The molecule has 0 saturated carbocycles. The Labute approximate surface area is 123 Å². The molecule has 1 aliphatic heterocycles. The van der Waals surface area contributed by atoms with Crippen LogP contribution in [0.25, 0.3) is 0 Å². The maximum absolute atomic E-state index is 12.2. The van der Waals surface area contributed by atoms with E-state index in [1.807, 2.05) is 30.3 Å². The SMILES string of the molecule is NC(=O)C1[C@@H](O)CCN1C(=O)[C@H](O)[CH]Cc1ccccc1. The van der Waals surface area contributed by atoms with E-state index in [9.17, 15) is 19.8 Å². The van der Waals surface area contributed by atoms with E-state index in [-0.39, 0.29) is 13.0 Å². The highest BCUT2D eigenvalue weighted by Crippen LogP contribution is 2.19. The van der Waals surface area contributed by atoms with Crippen LogP contribution >= 0.6 is 0 Å². The summed E-state index contributed by atoms with van der Waals surface area (Å²) in [5.41, 5.74) is 6.17. The molecule has 1 radical (unpaired) electrons. The van der Waals surface area contributed by atoms with Crippen molar-refractivity contribution in [3.8, 4) is 0 Å². The van der Waals surface area contributed by atoms with Crippen molar-refractivity contribution in [3.05, 3.63) is 42.3 Å². The zero-order chi connectivity index (χ0) is 15.4. The Bertz CT molecular complexity index is 506. The van der Waals surface area contributed by atoms with Crippen LogP contribution in [0, 0.1) is 6.42 Å². The highest BCUT2D eigenvalue weighted by molar-refractivity contribution is 5.90. The summed E-state index contributed by atoms with van der Waals surface area (Å²) in [4.78, 5) is 24.6. The van der Waals surface area contributed by atoms with Crippen molar-refractivity contribution in [1.82, 2.24) is 4.90 Å². The Morgan fingerprint density at radius 2 is 2.05 bits per heavy atom. The number of carbonyl (C=O) groups is 2. The fourth-order valence-electron chi connectivity index (χ4n) is 2.50. The van der Waals surface area contributed by atoms with Gasteiger partial charge in [0.25, 0.3) is 5.91 Å². The van der Waals surface area contributed by atoms with Crippen molar-refractivity contribution >= 4 is 11.8 Å². The first kappa shape index (κ1) is 15.5. The van der Waals surface area contributed by atoms with Crippen LogP contribution in [0.2, 0.25) is 0 Å². The van der Waals surface area contributed by atoms with Crippen LogP contribution in [0.4, 0.5) is 0 Å². The zero-order valence-electron chi connectivity index (χ0n) is 11.6. The number of hydrogen-bond acceptors (Lipinski definition) is 4. The van der Waals surface area contributed by atoms with Crippen molar-refractivity contribution in [2.75, 3.05) is 6.54 Å². The Morgan fingerprint density at radius 3 is 2.67 bits per heavy atom. The number of nitrogens with two attached hydrogens (primary N) is 1. The second kappa shape index (κ2) is 6.69. The maximum atomic E-state index is 12.2. The fourth-order valence-corrected chi connectivity index (χ4v) is 2.50. The van der Waals surface area contributed by atoms with Crippen LogP contribution in [-0.2, 0) is 16.0 Å². The predicted molar refractivity (Wildman–Crippen MR) is 75.8 cm³/mol. The molecule has 0 spiro atoms. The third kappa shape index (κ3) is 3.59. The zero-order valence-corrected chi connectivity index (χ0v) is 11.6. The summed E-state index contributed by atoms with van der Waals surface area (Å²) in [5, 5.41) is 19.6. The summed E-state index contributed by atoms with van der Waals surface area (Å²) < 4.78 is 0. The van der Waals surface area contributed by atoms with Crippen LogP contribution in [0.1, 0.15) is 12.0 Å². The normalized spacial score (nSPS) is 23.0. The summed E-state index contributed by atoms with van der Waals surface area (Å²) in [6, 6.07) is 8.35. The quantitative estimate of drug-likeness (QED) is 0.663. The lowest BCUT2D eigenvalue weighted by Crippen LogP contribution is -2.51. The lowest BCUT2D eigenvalue weighted by Gasteiger charge is -2.25. The molecule has 1 saturated heterocycles. The van der Waals surface area contributed by atoms with E-state index in [1.165, 1.54) is 6.42 Å². The summed E-state index contributed by atoms with van der Waals surface area (Å²) in [6.07, 6.45) is -0.0959. The first-order valence-electron chi connectivity index (χ1n) is 6.84. The molecule has 21 heavy (non-hydrogen) atoms. The Kier molecular flexibility index (Phi) is 4.93. The smallest absolute Gasteiger partial charge is 0.252 e. The van der Waals surface area contributed by atoms with E-state index in [0.717, 1.165) is 10.5 Å². The molecule has 1 aromatic carbocycles. The molecule has 6 nitrogen and oxygen atoms in total. The van der Waals surface area contributed by atoms with Gasteiger partial charge in [0.1, 0.15) is 12.1 Å². The number of aliphatic hydroxyl groups is 2. The number of hydrogen-bond donors (Lipinski definition) is 3. The molecule has 1 aromatic rings. The molecule has 0 aliphatic carbocycles. The van der Waals surface area contributed by atoms with Gasteiger partial charge in [-0.3, -0.25) is 9.59 Å². The predicted octanol–water partition coefficient (Wildman–Crippen LogP) is -0.759. The Balaban J connectivity index is 1.94. The van der Waals surface area contributed by atoms with Gasteiger partial charge in [-0.15, -0.1) is 0 Å². The number of aliphatic hydroxyl groups excluding tert-OH is 2. The van der Waals surface area contributed by atoms with Crippen molar-refractivity contribution in [1.29, 1.82) is 0 Å². The molecule has 0 aromatic heterocycles. The second-order valence-electron chi connectivity index (χ2n) is 5.11. The number of primary amides is 1. The van der Waals surface area contributed by atoms with Crippen LogP contribution in [-0.4, -0.2) is 51.7 Å². The molecule has 2 rings (SSSR count). The van der Waals surface area contributed by atoms with Crippen LogP contribution < -0.4 is 5.73 Å². The summed E-state index contributed by atoms with van der Waals surface area (Å²) in [7, 11) is 0. The summed E-state index contributed by atoms with van der Waals surface area (Å²) in [5.74, 6) is -1.37. The number of amides is 2. The van der Waals surface area contributed by atoms with E-state index in [4.69, 9.17) is 5.73 Å². The minimum atomic E-state index is -1.32. The van der Waals surface area contributed by atoms with E-state index in [0.29, 0.717) is 6.42 Å². The molecule has 1 heterocycles. The lowest BCUT2D eigenvalue weighted by atomic mass is 10.1. The van der Waals surface area contributed by atoms with Crippen LogP contribution in [0.3, 0.4) is 0 Å². The summed E-state index contributed by atoms with van der Waals surface area (Å²) >= 11 is 0. The largest absolute Gasteiger partial charge is 0.390 e.